The number of hydrogen-bond acceptors (Lipinski definition) is 4. The summed E-state index contributed by atoms with van der Waals surface area (Å²) < 4.78 is 5.15. The van der Waals surface area contributed by atoms with Crippen LogP contribution in [-0.2, 0) is 16.0 Å². The number of carboxylic acids is 1. The van der Waals surface area contributed by atoms with Crippen LogP contribution in [0.3, 0.4) is 0 Å². The average molecular weight is 297 g/mol. The van der Waals surface area contributed by atoms with Gasteiger partial charge in [-0.3, -0.25) is 4.79 Å². The molecule has 0 bridgehead atoms. The van der Waals surface area contributed by atoms with E-state index in [0.717, 1.165) is 0 Å². The molecule has 116 valence electrons. The summed E-state index contributed by atoms with van der Waals surface area (Å²) >= 11 is 0. The number of hydrogen-bond donors (Lipinski definition) is 4. The predicted molar refractivity (Wildman–Crippen MR) is 73.4 cm³/mol. The molecule has 1 aromatic heterocycles. The molecule has 21 heavy (non-hydrogen) atoms. The summed E-state index contributed by atoms with van der Waals surface area (Å²) in [4.78, 5) is 33.3. The third-order valence-corrected chi connectivity index (χ3v) is 2.75. The molecule has 0 saturated heterocycles. The molecule has 1 aromatic rings. The maximum absolute atomic E-state index is 11.7. The molecule has 2 unspecified atom stereocenters. The van der Waals surface area contributed by atoms with Gasteiger partial charge in [-0.05, 0) is 25.5 Å². The van der Waals surface area contributed by atoms with Crippen LogP contribution in [0, 0.1) is 0 Å². The van der Waals surface area contributed by atoms with Crippen molar-refractivity contribution in [2.24, 2.45) is 5.73 Å². The Balaban J connectivity index is 2.42. The molecule has 0 spiro atoms. The highest BCUT2D eigenvalue weighted by molar-refractivity contribution is 5.83. The maximum Gasteiger partial charge on any atom is 0.326 e. The molecule has 8 nitrogen and oxygen atoms in total. The molecular formula is C13H19N3O5. The number of amides is 3. The number of primary amides is 1. The van der Waals surface area contributed by atoms with Crippen LogP contribution in [0.5, 0.6) is 0 Å². The fraction of sp³-hybridized carbons (Fsp3) is 0.462. The van der Waals surface area contributed by atoms with Gasteiger partial charge in [-0.25, -0.2) is 9.59 Å². The van der Waals surface area contributed by atoms with E-state index in [2.05, 4.69) is 10.6 Å². The number of carbonyl (C=O) groups excluding carboxylic acids is 2. The third-order valence-electron chi connectivity index (χ3n) is 2.75. The summed E-state index contributed by atoms with van der Waals surface area (Å²) in [5, 5.41) is 13.9. The normalized spacial score (nSPS) is 13.2. The molecule has 5 N–H and O–H groups in total. The monoisotopic (exact) mass is 297 g/mol. The van der Waals surface area contributed by atoms with Gasteiger partial charge in [-0.2, -0.15) is 0 Å². The molecule has 3 amide bonds. The molecular weight excluding hydrogens is 278 g/mol. The van der Waals surface area contributed by atoms with Crippen LogP contribution in [0.2, 0.25) is 0 Å². The van der Waals surface area contributed by atoms with E-state index in [1.807, 2.05) is 0 Å². The number of furan rings is 1. The van der Waals surface area contributed by atoms with Crippen molar-refractivity contribution < 1.29 is 23.9 Å². The van der Waals surface area contributed by atoms with Gasteiger partial charge in [0.1, 0.15) is 11.8 Å². The first kappa shape index (κ1) is 16.5. The van der Waals surface area contributed by atoms with Crippen molar-refractivity contribution >= 4 is 17.9 Å². The zero-order chi connectivity index (χ0) is 15.8. The van der Waals surface area contributed by atoms with Gasteiger partial charge in [0.05, 0.1) is 6.26 Å². The number of aliphatic carboxylic acids is 1. The molecule has 0 aromatic carbocycles. The van der Waals surface area contributed by atoms with Crippen molar-refractivity contribution in [3.05, 3.63) is 24.2 Å². The smallest absolute Gasteiger partial charge is 0.326 e. The van der Waals surface area contributed by atoms with Crippen LogP contribution in [0.4, 0.5) is 4.79 Å². The van der Waals surface area contributed by atoms with Crippen molar-refractivity contribution in [1.29, 1.82) is 0 Å². The molecule has 1 rings (SSSR count). The summed E-state index contributed by atoms with van der Waals surface area (Å²) in [5.74, 6) is -1.12. The van der Waals surface area contributed by atoms with E-state index < -0.39 is 23.9 Å². The van der Waals surface area contributed by atoms with Crippen molar-refractivity contribution in [2.45, 2.75) is 38.3 Å². The lowest BCUT2D eigenvalue weighted by molar-refractivity contribution is -0.139. The molecule has 0 fully saturated rings. The predicted octanol–water partition coefficient (Wildman–Crippen LogP) is 0.229. The lowest BCUT2D eigenvalue weighted by Gasteiger charge is -2.17. The number of carbonyl (C=O) groups is 3. The lowest BCUT2D eigenvalue weighted by Crippen LogP contribution is -2.49. The Morgan fingerprint density at radius 3 is 2.62 bits per heavy atom. The highest BCUT2D eigenvalue weighted by Gasteiger charge is 2.21. The third kappa shape index (κ3) is 6.46. The molecule has 8 heteroatoms. The van der Waals surface area contributed by atoms with E-state index >= 15 is 0 Å². The topological polar surface area (TPSA) is 135 Å². The van der Waals surface area contributed by atoms with Gasteiger partial charge in [0.2, 0.25) is 5.91 Å². The minimum Gasteiger partial charge on any atom is -0.480 e. The average Bonchev–Trinajstić information content (AvgIpc) is 2.86. The van der Waals surface area contributed by atoms with Crippen LogP contribution < -0.4 is 16.4 Å². The van der Waals surface area contributed by atoms with E-state index in [1.54, 1.807) is 19.1 Å². The minimum atomic E-state index is -1.22. The van der Waals surface area contributed by atoms with Crippen molar-refractivity contribution in [1.82, 2.24) is 10.6 Å². The van der Waals surface area contributed by atoms with Gasteiger partial charge < -0.3 is 25.9 Å². The first-order chi connectivity index (χ1) is 9.88. The second kappa shape index (κ2) is 7.93. The summed E-state index contributed by atoms with van der Waals surface area (Å²) in [6.07, 6.45) is 1.86. The number of nitrogens with two attached hydrogens (primary N) is 1. The van der Waals surface area contributed by atoms with Crippen molar-refractivity contribution in [3.8, 4) is 0 Å². The first-order valence-electron chi connectivity index (χ1n) is 6.49. The maximum atomic E-state index is 11.7. The standard InChI is InChI=1S/C13H19N3O5/c1-8(7-9-3-2-6-21-9)15-13(20)16-10(12(18)19)4-5-11(14)17/h2-3,6,8,10H,4-5,7H2,1H3,(H2,14,17)(H,18,19)(H2,15,16,20). The Hall–Kier alpha value is -2.51. The Kier molecular flexibility index (Phi) is 6.25. The SMILES string of the molecule is CC(Cc1ccco1)NC(=O)NC(CCC(N)=O)C(=O)O. The Morgan fingerprint density at radius 1 is 1.38 bits per heavy atom. The van der Waals surface area contributed by atoms with Gasteiger partial charge in [-0.1, -0.05) is 0 Å². The molecule has 0 saturated carbocycles. The minimum absolute atomic E-state index is 0.0509. The Labute approximate surface area is 121 Å². The largest absolute Gasteiger partial charge is 0.480 e. The fourth-order valence-corrected chi connectivity index (χ4v) is 1.75. The summed E-state index contributed by atoms with van der Waals surface area (Å²) in [6, 6.07) is 1.51. The summed E-state index contributed by atoms with van der Waals surface area (Å²) in [5.41, 5.74) is 4.96. The summed E-state index contributed by atoms with van der Waals surface area (Å²) in [7, 11) is 0. The molecule has 0 radical (unpaired) electrons. The van der Waals surface area contributed by atoms with Crippen LogP contribution >= 0.6 is 0 Å². The lowest BCUT2D eigenvalue weighted by atomic mass is 10.1. The van der Waals surface area contributed by atoms with E-state index in [4.69, 9.17) is 15.3 Å². The summed E-state index contributed by atoms with van der Waals surface area (Å²) in [6.45, 7) is 1.77. The zero-order valence-corrected chi connectivity index (χ0v) is 11.7. The van der Waals surface area contributed by atoms with Crippen LogP contribution in [-0.4, -0.2) is 35.1 Å². The van der Waals surface area contributed by atoms with E-state index in [-0.39, 0.29) is 18.9 Å². The highest BCUT2D eigenvalue weighted by Crippen LogP contribution is 2.04. The van der Waals surface area contributed by atoms with Gasteiger partial charge in [0.25, 0.3) is 0 Å². The zero-order valence-electron chi connectivity index (χ0n) is 11.7. The number of carboxylic acid groups (broad SMARTS) is 1. The van der Waals surface area contributed by atoms with E-state index in [9.17, 15) is 14.4 Å². The Bertz CT molecular complexity index is 486. The van der Waals surface area contributed by atoms with Gasteiger partial charge >= 0.3 is 12.0 Å². The van der Waals surface area contributed by atoms with Crippen molar-refractivity contribution in [2.75, 3.05) is 0 Å². The fourth-order valence-electron chi connectivity index (χ4n) is 1.75. The molecule has 0 aliphatic heterocycles. The molecule has 2 atom stereocenters. The quantitative estimate of drug-likeness (QED) is 0.544. The number of urea groups is 1. The van der Waals surface area contributed by atoms with Crippen LogP contribution in [0.25, 0.3) is 0 Å². The highest BCUT2D eigenvalue weighted by atomic mass is 16.4. The molecule has 0 aliphatic carbocycles. The number of rotatable bonds is 8. The van der Waals surface area contributed by atoms with Crippen molar-refractivity contribution in [3.63, 3.8) is 0 Å². The van der Waals surface area contributed by atoms with Gasteiger partial charge in [-0.15, -0.1) is 0 Å². The van der Waals surface area contributed by atoms with E-state index in [0.29, 0.717) is 12.2 Å². The van der Waals surface area contributed by atoms with Crippen LogP contribution in [0.1, 0.15) is 25.5 Å². The first-order valence-corrected chi connectivity index (χ1v) is 6.49. The second-order valence-electron chi connectivity index (χ2n) is 4.70. The van der Waals surface area contributed by atoms with Gasteiger partial charge in [0, 0.05) is 18.9 Å². The molecule has 0 aliphatic rings. The molecule has 1 heterocycles. The van der Waals surface area contributed by atoms with Crippen LogP contribution in [0.15, 0.2) is 22.8 Å². The Morgan fingerprint density at radius 2 is 2.10 bits per heavy atom. The van der Waals surface area contributed by atoms with Gasteiger partial charge in [0.15, 0.2) is 0 Å². The second-order valence-corrected chi connectivity index (χ2v) is 4.70. The number of nitrogens with one attached hydrogen (secondary N) is 2. The van der Waals surface area contributed by atoms with E-state index in [1.165, 1.54) is 6.26 Å².